The molecule has 1 heterocycles. The SMILES string of the molecule is CCC(CC)(CC)OC1CCCCO1. The topological polar surface area (TPSA) is 18.5 Å². The summed E-state index contributed by atoms with van der Waals surface area (Å²) in [4.78, 5) is 0. The first-order valence-corrected chi connectivity index (χ1v) is 6.05. The highest BCUT2D eigenvalue weighted by Gasteiger charge is 2.29. The van der Waals surface area contributed by atoms with Crippen LogP contribution < -0.4 is 0 Å². The first kappa shape index (κ1) is 12.0. The largest absolute Gasteiger partial charge is 0.353 e. The first-order chi connectivity index (χ1) is 6.76. The molecule has 1 atom stereocenters. The molecule has 0 aromatic rings. The molecule has 1 rings (SSSR count). The van der Waals surface area contributed by atoms with Gasteiger partial charge in [-0.1, -0.05) is 20.8 Å². The van der Waals surface area contributed by atoms with Crippen LogP contribution in [0.15, 0.2) is 0 Å². The lowest BCUT2D eigenvalue weighted by Crippen LogP contribution is -2.37. The Hall–Kier alpha value is -0.0800. The van der Waals surface area contributed by atoms with Gasteiger partial charge in [-0.3, -0.25) is 0 Å². The van der Waals surface area contributed by atoms with Crippen molar-refractivity contribution in [2.24, 2.45) is 0 Å². The highest BCUT2D eigenvalue weighted by atomic mass is 16.7. The minimum Gasteiger partial charge on any atom is -0.353 e. The Morgan fingerprint density at radius 1 is 1.14 bits per heavy atom. The molecular weight excluding hydrogens is 176 g/mol. The van der Waals surface area contributed by atoms with E-state index in [0.717, 1.165) is 32.3 Å². The molecule has 0 spiro atoms. The van der Waals surface area contributed by atoms with Crippen molar-refractivity contribution in [2.45, 2.75) is 71.2 Å². The van der Waals surface area contributed by atoms with Crippen molar-refractivity contribution in [3.8, 4) is 0 Å². The van der Waals surface area contributed by atoms with Crippen molar-refractivity contribution in [1.82, 2.24) is 0 Å². The third-order valence-electron chi connectivity index (χ3n) is 3.45. The monoisotopic (exact) mass is 200 g/mol. The zero-order valence-electron chi connectivity index (χ0n) is 9.84. The van der Waals surface area contributed by atoms with E-state index in [2.05, 4.69) is 20.8 Å². The van der Waals surface area contributed by atoms with Gasteiger partial charge >= 0.3 is 0 Å². The molecule has 0 saturated carbocycles. The molecule has 84 valence electrons. The highest BCUT2D eigenvalue weighted by molar-refractivity contribution is 4.76. The molecule has 0 aromatic carbocycles. The van der Waals surface area contributed by atoms with E-state index in [0.29, 0.717) is 0 Å². The smallest absolute Gasteiger partial charge is 0.158 e. The summed E-state index contributed by atoms with van der Waals surface area (Å²) in [6.45, 7) is 7.49. The van der Waals surface area contributed by atoms with Crippen molar-refractivity contribution in [3.05, 3.63) is 0 Å². The molecule has 0 aromatic heterocycles. The Kier molecular flexibility index (Phi) is 4.90. The average molecular weight is 200 g/mol. The third kappa shape index (κ3) is 2.96. The molecule has 0 N–H and O–H groups in total. The molecule has 2 nitrogen and oxygen atoms in total. The van der Waals surface area contributed by atoms with Crippen molar-refractivity contribution in [2.75, 3.05) is 6.61 Å². The zero-order valence-corrected chi connectivity index (χ0v) is 9.84. The summed E-state index contributed by atoms with van der Waals surface area (Å²) in [7, 11) is 0. The van der Waals surface area contributed by atoms with Crippen molar-refractivity contribution in [1.29, 1.82) is 0 Å². The lowest BCUT2D eigenvalue weighted by atomic mass is 9.94. The summed E-state index contributed by atoms with van der Waals surface area (Å²) in [6.07, 6.45) is 6.82. The lowest BCUT2D eigenvalue weighted by Gasteiger charge is -2.36. The van der Waals surface area contributed by atoms with Crippen LogP contribution in [0.4, 0.5) is 0 Å². The van der Waals surface area contributed by atoms with Crippen LogP contribution >= 0.6 is 0 Å². The quantitative estimate of drug-likeness (QED) is 0.676. The number of rotatable bonds is 5. The first-order valence-electron chi connectivity index (χ1n) is 6.05. The summed E-state index contributed by atoms with van der Waals surface area (Å²) in [5.74, 6) is 0. The Morgan fingerprint density at radius 2 is 1.79 bits per heavy atom. The summed E-state index contributed by atoms with van der Waals surface area (Å²) in [5, 5.41) is 0. The van der Waals surface area contributed by atoms with Gasteiger partial charge in [-0.2, -0.15) is 0 Å². The molecule has 0 amide bonds. The number of ether oxygens (including phenoxy) is 2. The minimum absolute atomic E-state index is 0.0575. The Labute approximate surface area is 88.0 Å². The van der Waals surface area contributed by atoms with Gasteiger partial charge in [-0.05, 0) is 38.5 Å². The molecule has 0 radical (unpaired) electrons. The van der Waals surface area contributed by atoms with E-state index in [1.807, 2.05) is 0 Å². The second-order valence-corrected chi connectivity index (χ2v) is 4.16. The van der Waals surface area contributed by atoms with Gasteiger partial charge in [0.2, 0.25) is 0 Å². The predicted molar refractivity (Wildman–Crippen MR) is 58.3 cm³/mol. The van der Waals surface area contributed by atoms with Crippen molar-refractivity contribution < 1.29 is 9.47 Å². The minimum atomic E-state index is 0.0575. The van der Waals surface area contributed by atoms with E-state index in [-0.39, 0.29) is 11.9 Å². The maximum absolute atomic E-state index is 6.10. The van der Waals surface area contributed by atoms with Gasteiger partial charge in [-0.15, -0.1) is 0 Å². The second-order valence-electron chi connectivity index (χ2n) is 4.16. The van der Waals surface area contributed by atoms with E-state index < -0.39 is 0 Å². The summed E-state index contributed by atoms with van der Waals surface area (Å²) >= 11 is 0. The maximum Gasteiger partial charge on any atom is 0.158 e. The van der Waals surface area contributed by atoms with Crippen molar-refractivity contribution >= 4 is 0 Å². The molecule has 2 heteroatoms. The van der Waals surface area contributed by atoms with Gasteiger partial charge < -0.3 is 9.47 Å². The van der Waals surface area contributed by atoms with Crippen LogP contribution in [0, 0.1) is 0 Å². The van der Waals surface area contributed by atoms with Gasteiger partial charge in [0.1, 0.15) is 0 Å². The standard InChI is InChI=1S/C12H24O2/c1-4-12(5-2,6-3)14-11-9-7-8-10-13-11/h11H,4-10H2,1-3H3. The molecule has 0 aliphatic carbocycles. The Bertz CT molecular complexity index is 138. The van der Waals surface area contributed by atoms with Crippen LogP contribution in [0.5, 0.6) is 0 Å². The Morgan fingerprint density at radius 3 is 2.21 bits per heavy atom. The van der Waals surface area contributed by atoms with Crippen LogP contribution in [0.25, 0.3) is 0 Å². The molecule has 1 fully saturated rings. The van der Waals surface area contributed by atoms with Crippen LogP contribution in [0.3, 0.4) is 0 Å². The summed E-state index contributed by atoms with van der Waals surface area (Å²) < 4.78 is 11.7. The summed E-state index contributed by atoms with van der Waals surface area (Å²) in [6, 6.07) is 0. The maximum atomic E-state index is 6.10. The summed E-state index contributed by atoms with van der Waals surface area (Å²) in [5.41, 5.74) is 0.0575. The lowest BCUT2D eigenvalue weighted by molar-refractivity contribution is -0.228. The molecule has 0 bridgehead atoms. The fourth-order valence-corrected chi connectivity index (χ4v) is 2.08. The molecule has 1 unspecified atom stereocenters. The van der Waals surface area contributed by atoms with Crippen LogP contribution in [0.2, 0.25) is 0 Å². The normalized spacial score (nSPS) is 23.8. The molecule has 1 aliphatic heterocycles. The second kappa shape index (κ2) is 5.72. The predicted octanol–water partition coefficient (Wildman–Crippen LogP) is 3.50. The van der Waals surface area contributed by atoms with E-state index >= 15 is 0 Å². The molecule has 1 aliphatic rings. The zero-order chi connectivity index (χ0) is 10.4. The number of hydrogen-bond donors (Lipinski definition) is 0. The van der Waals surface area contributed by atoms with E-state index in [4.69, 9.17) is 9.47 Å². The Balaban J connectivity index is 2.44. The van der Waals surface area contributed by atoms with Gasteiger partial charge in [0.25, 0.3) is 0 Å². The van der Waals surface area contributed by atoms with E-state index in [1.165, 1.54) is 12.8 Å². The van der Waals surface area contributed by atoms with Gasteiger partial charge in [0.15, 0.2) is 6.29 Å². The van der Waals surface area contributed by atoms with Gasteiger partial charge in [0.05, 0.1) is 5.60 Å². The molecule has 14 heavy (non-hydrogen) atoms. The van der Waals surface area contributed by atoms with E-state index in [1.54, 1.807) is 0 Å². The van der Waals surface area contributed by atoms with Crippen LogP contribution in [-0.2, 0) is 9.47 Å². The van der Waals surface area contributed by atoms with E-state index in [9.17, 15) is 0 Å². The van der Waals surface area contributed by atoms with Gasteiger partial charge in [0, 0.05) is 6.61 Å². The number of hydrogen-bond acceptors (Lipinski definition) is 2. The van der Waals surface area contributed by atoms with Crippen molar-refractivity contribution in [3.63, 3.8) is 0 Å². The third-order valence-corrected chi connectivity index (χ3v) is 3.45. The molecule has 1 saturated heterocycles. The highest BCUT2D eigenvalue weighted by Crippen LogP contribution is 2.29. The van der Waals surface area contributed by atoms with Gasteiger partial charge in [-0.25, -0.2) is 0 Å². The average Bonchev–Trinajstić information content (AvgIpc) is 2.28. The fraction of sp³-hybridized carbons (Fsp3) is 1.00. The fourth-order valence-electron chi connectivity index (χ4n) is 2.08. The molecular formula is C12H24O2. The van der Waals surface area contributed by atoms with Crippen LogP contribution in [-0.4, -0.2) is 18.5 Å². The van der Waals surface area contributed by atoms with Crippen LogP contribution in [0.1, 0.15) is 59.3 Å².